The van der Waals surface area contributed by atoms with E-state index in [9.17, 15) is 0 Å². The molecule has 0 bridgehead atoms. The monoisotopic (exact) mass is 284 g/mol. The lowest BCUT2D eigenvalue weighted by Gasteiger charge is -2.23. The lowest BCUT2D eigenvalue weighted by molar-refractivity contribution is 0.295. The Morgan fingerprint density at radius 2 is 1.35 bits per heavy atom. The van der Waals surface area contributed by atoms with Gasteiger partial charge in [-0.1, -0.05) is 93.9 Å². The van der Waals surface area contributed by atoms with Gasteiger partial charge >= 0.3 is 0 Å². The average molecular weight is 285 g/mol. The molecule has 0 N–H and O–H groups in total. The van der Waals surface area contributed by atoms with Crippen LogP contribution in [0.1, 0.15) is 113 Å². The van der Waals surface area contributed by atoms with Crippen LogP contribution in [0, 0.1) is 17.3 Å². The highest BCUT2D eigenvalue weighted by Gasteiger charge is 2.14. The molecule has 0 aromatic rings. The van der Waals surface area contributed by atoms with E-state index < -0.39 is 0 Å². The summed E-state index contributed by atoms with van der Waals surface area (Å²) in [6, 6.07) is 0. The fourth-order valence-electron chi connectivity index (χ4n) is 2.92. The molecule has 0 saturated heterocycles. The number of hydrogen-bond donors (Lipinski definition) is 0. The molecule has 0 saturated carbocycles. The quantitative estimate of drug-likeness (QED) is 0.383. The molecule has 0 amide bonds. The summed E-state index contributed by atoms with van der Waals surface area (Å²) in [4.78, 5) is 0. The number of unbranched alkanes of at least 4 members (excludes halogenated alkanes) is 1. The fourth-order valence-corrected chi connectivity index (χ4v) is 2.92. The van der Waals surface area contributed by atoms with Crippen molar-refractivity contribution in [2.24, 2.45) is 17.3 Å². The van der Waals surface area contributed by atoms with Gasteiger partial charge in [-0.15, -0.1) is 0 Å². The van der Waals surface area contributed by atoms with Crippen molar-refractivity contribution in [2.45, 2.75) is 113 Å². The molecule has 0 spiro atoms. The van der Waals surface area contributed by atoms with Gasteiger partial charge in [-0.2, -0.15) is 0 Å². The maximum absolute atomic E-state index is 2.38. The van der Waals surface area contributed by atoms with Crippen LogP contribution in [0.4, 0.5) is 0 Å². The first-order valence-corrected chi connectivity index (χ1v) is 9.32. The summed E-state index contributed by atoms with van der Waals surface area (Å²) in [5.74, 6) is 1.88. The SMILES string of the molecule is CCCC(C)CC(C)CC.CCCCC(C)(C)CCC. The molecule has 0 heteroatoms. The third-order valence-electron chi connectivity index (χ3n) is 4.42. The van der Waals surface area contributed by atoms with E-state index in [1.165, 1.54) is 57.8 Å². The Bertz CT molecular complexity index is 180. The molecule has 0 aliphatic rings. The zero-order valence-corrected chi connectivity index (χ0v) is 16.0. The van der Waals surface area contributed by atoms with Crippen molar-refractivity contribution >= 4 is 0 Å². The van der Waals surface area contributed by atoms with Crippen LogP contribution in [0.25, 0.3) is 0 Å². The van der Waals surface area contributed by atoms with Gasteiger partial charge < -0.3 is 0 Å². The Morgan fingerprint density at radius 1 is 0.750 bits per heavy atom. The standard InChI is InChI=1S/2C10H22/c1-5-7-10(4)8-9(3)6-2;1-5-7-9-10(3,4)8-6-2/h9-10H,5-8H2,1-4H3;5-9H2,1-4H3. The minimum atomic E-state index is 0.602. The van der Waals surface area contributed by atoms with Crippen molar-refractivity contribution in [1.29, 1.82) is 0 Å². The van der Waals surface area contributed by atoms with Crippen LogP contribution in [0.15, 0.2) is 0 Å². The molecule has 0 radical (unpaired) electrons. The van der Waals surface area contributed by atoms with Gasteiger partial charge in [0.2, 0.25) is 0 Å². The highest BCUT2D eigenvalue weighted by Crippen LogP contribution is 2.28. The topological polar surface area (TPSA) is 0 Å². The molecular formula is C20H44. The van der Waals surface area contributed by atoms with Gasteiger partial charge in [0.25, 0.3) is 0 Å². The molecule has 0 rings (SSSR count). The first-order chi connectivity index (χ1) is 9.32. The Kier molecular flexibility index (Phi) is 15.6. The molecule has 0 heterocycles. The van der Waals surface area contributed by atoms with E-state index in [0.717, 1.165) is 11.8 Å². The second-order valence-corrected chi connectivity index (χ2v) is 7.66. The average Bonchev–Trinajstić information content (AvgIpc) is 2.37. The van der Waals surface area contributed by atoms with Crippen molar-refractivity contribution in [3.63, 3.8) is 0 Å². The van der Waals surface area contributed by atoms with Crippen molar-refractivity contribution in [1.82, 2.24) is 0 Å². The van der Waals surface area contributed by atoms with E-state index in [1.54, 1.807) is 0 Å². The second-order valence-electron chi connectivity index (χ2n) is 7.66. The van der Waals surface area contributed by atoms with Gasteiger partial charge in [0.15, 0.2) is 0 Å². The largest absolute Gasteiger partial charge is 0.0654 e. The predicted octanol–water partition coefficient (Wildman–Crippen LogP) is 7.86. The highest BCUT2D eigenvalue weighted by molar-refractivity contribution is 4.66. The van der Waals surface area contributed by atoms with E-state index in [-0.39, 0.29) is 0 Å². The normalized spacial score (nSPS) is 14.4. The fraction of sp³-hybridized carbons (Fsp3) is 1.00. The van der Waals surface area contributed by atoms with Crippen LogP contribution in [0.3, 0.4) is 0 Å². The van der Waals surface area contributed by atoms with Crippen molar-refractivity contribution in [3.05, 3.63) is 0 Å². The van der Waals surface area contributed by atoms with E-state index in [0.29, 0.717) is 5.41 Å². The van der Waals surface area contributed by atoms with Crippen molar-refractivity contribution in [2.75, 3.05) is 0 Å². The third-order valence-corrected chi connectivity index (χ3v) is 4.42. The summed E-state index contributed by atoms with van der Waals surface area (Å²) in [7, 11) is 0. The molecule has 2 atom stereocenters. The zero-order valence-electron chi connectivity index (χ0n) is 16.0. The van der Waals surface area contributed by atoms with Crippen molar-refractivity contribution < 1.29 is 0 Å². The Morgan fingerprint density at radius 3 is 1.75 bits per heavy atom. The van der Waals surface area contributed by atoms with Gasteiger partial charge in [0.05, 0.1) is 0 Å². The molecule has 0 nitrogen and oxygen atoms in total. The highest BCUT2D eigenvalue weighted by atomic mass is 14.2. The summed E-state index contributed by atoms with van der Waals surface area (Å²) in [6.07, 6.45) is 12.4. The van der Waals surface area contributed by atoms with Crippen molar-refractivity contribution in [3.8, 4) is 0 Å². The Balaban J connectivity index is 0. The molecular weight excluding hydrogens is 240 g/mol. The van der Waals surface area contributed by atoms with Crippen LogP contribution >= 0.6 is 0 Å². The first-order valence-electron chi connectivity index (χ1n) is 9.32. The first kappa shape index (κ1) is 22.3. The third kappa shape index (κ3) is 16.1. The zero-order chi connectivity index (χ0) is 16.0. The predicted molar refractivity (Wildman–Crippen MR) is 96.4 cm³/mol. The van der Waals surface area contributed by atoms with Gasteiger partial charge in [0.1, 0.15) is 0 Å². The molecule has 2 unspecified atom stereocenters. The summed E-state index contributed by atoms with van der Waals surface area (Å²) in [6.45, 7) is 18.6. The summed E-state index contributed by atoms with van der Waals surface area (Å²) >= 11 is 0. The maximum Gasteiger partial charge on any atom is -0.0354 e. The van der Waals surface area contributed by atoms with Gasteiger partial charge in [-0.25, -0.2) is 0 Å². The molecule has 0 fully saturated rings. The smallest absolute Gasteiger partial charge is 0.0354 e. The van der Waals surface area contributed by atoms with E-state index in [2.05, 4.69) is 55.4 Å². The molecule has 0 aromatic carbocycles. The Labute approximate surface area is 131 Å². The number of hydrogen-bond acceptors (Lipinski definition) is 0. The molecule has 20 heavy (non-hydrogen) atoms. The lowest BCUT2D eigenvalue weighted by atomic mass is 9.83. The van der Waals surface area contributed by atoms with Gasteiger partial charge in [-0.3, -0.25) is 0 Å². The molecule has 0 aliphatic carbocycles. The summed E-state index contributed by atoms with van der Waals surface area (Å²) in [5.41, 5.74) is 0.602. The minimum Gasteiger partial charge on any atom is -0.0654 e. The van der Waals surface area contributed by atoms with E-state index >= 15 is 0 Å². The van der Waals surface area contributed by atoms with E-state index in [1.807, 2.05) is 0 Å². The van der Waals surface area contributed by atoms with Crippen LogP contribution < -0.4 is 0 Å². The summed E-state index contributed by atoms with van der Waals surface area (Å²) < 4.78 is 0. The van der Waals surface area contributed by atoms with Crippen LogP contribution in [-0.2, 0) is 0 Å². The van der Waals surface area contributed by atoms with Crippen LogP contribution in [0.5, 0.6) is 0 Å². The summed E-state index contributed by atoms with van der Waals surface area (Å²) in [5, 5.41) is 0. The second kappa shape index (κ2) is 14.0. The van der Waals surface area contributed by atoms with Gasteiger partial charge in [0, 0.05) is 0 Å². The molecule has 124 valence electrons. The maximum atomic E-state index is 2.38. The van der Waals surface area contributed by atoms with Gasteiger partial charge in [-0.05, 0) is 36.5 Å². The van der Waals surface area contributed by atoms with E-state index in [4.69, 9.17) is 0 Å². The Hall–Kier alpha value is 0. The minimum absolute atomic E-state index is 0.602. The molecule has 0 aromatic heterocycles. The molecule has 0 aliphatic heterocycles. The number of rotatable bonds is 10. The van der Waals surface area contributed by atoms with Crippen LogP contribution in [-0.4, -0.2) is 0 Å². The lowest BCUT2D eigenvalue weighted by Crippen LogP contribution is -2.09. The van der Waals surface area contributed by atoms with Crippen LogP contribution in [0.2, 0.25) is 0 Å².